The Hall–Kier alpha value is -0.170. The van der Waals surface area contributed by atoms with E-state index in [1.54, 1.807) is 0 Å². The first-order valence-corrected chi connectivity index (χ1v) is 5.01. The molecule has 0 aliphatic carbocycles. The van der Waals surface area contributed by atoms with Gasteiger partial charge in [0.1, 0.15) is 0 Å². The number of piperidine rings is 1. The molecule has 4 N–H and O–H groups in total. The minimum absolute atomic E-state index is 0.242. The van der Waals surface area contributed by atoms with Gasteiger partial charge in [0, 0.05) is 13.1 Å². The van der Waals surface area contributed by atoms with Crippen LogP contribution in [0.5, 0.6) is 0 Å². The van der Waals surface area contributed by atoms with Crippen molar-refractivity contribution in [2.45, 2.75) is 17.8 Å². The van der Waals surface area contributed by atoms with Crippen molar-refractivity contribution in [2.24, 2.45) is 5.14 Å². The molecule has 1 aliphatic rings. The molecule has 1 aliphatic heterocycles. The van der Waals surface area contributed by atoms with Crippen LogP contribution in [-0.4, -0.2) is 38.0 Å². The summed E-state index contributed by atoms with van der Waals surface area (Å²) >= 11 is 0. The highest BCUT2D eigenvalue weighted by atomic mass is 32.2. The van der Waals surface area contributed by atoms with Gasteiger partial charge in [-0.3, -0.25) is 0 Å². The zero-order chi connectivity index (χ0) is 8.48. The van der Waals surface area contributed by atoms with Crippen LogP contribution in [0.1, 0.15) is 6.42 Å². The Morgan fingerprint density at radius 2 is 2.09 bits per heavy atom. The Kier molecular flexibility index (Phi) is 2.48. The van der Waals surface area contributed by atoms with Crippen molar-refractivity contribution < 1.29 is 13.5 Å². The fourth-order valence-electron chi connectivity index (χ4n) is 1.13. The minimum Gasteiger partial charge on any atom is -0.392 e. The van der Waals surface area contributed by atoms with Gasteiger partial charge in [-0.1, -0.05) is 0 Å². The van der Waals surface area contributed by atoms with Crippen molar-refractivity contribution in [2.75, 3.05) is 13.1 Å². The summed E-state index contributed by atoms with van der Waals surface area (Å²) in [5.41, 5.74) is 0. The first-order chi connectivity index (χ1) is 5.00. The molecule has 2 unspecified atom stereocenters. The van der Waals surface area contributed by atoms with Crippen molar-refractivity contribution in [1.29, 1.82) is 0 Å². The van der Waals surface area contributed by atoms with Gasteiger partial charge in [-0.05, 0) is 6.42 Å². The SMILES string of the molecule is NS(=O)(=O)C1CNCC(O)C1. The first-order valence-electron chi connectivity index (χ1n) is 3.40. The maximum atomic E-state index is 10.8. The summed E-state index contributed by atoms with van der Waals surface area (Å²) in [5.74, 6) is 0. The van der Waals surface area contributed by atoms with E-state index in [9.17, 15) is 8.42 Å². The molecule has 0 radical (unpaired) electrons. The quantitative estimate of drug-likeness (QED) is 0.435. The number of rotatable bonds is 1. The first kappa shape index (κ1) is 8.92. The fraction of sp³-hybridized carbons (Fsp3) is 1.00. The van der Waals surface area contributed by atoms with E-state index in [0.717, 1.165) is 0 Å². The van der Waals surface area contributed by atoms with E-state index < -0.39 is 21.4 Å². The third-order valence-corrected chi connectivity index (χ3v) is 3.04. The summed E-state index contributed by atoms with van der Waals surface area (Å²) in [5, 5.41) is 16.1. The maximum Gasteiger partial charge on any atom is 0.213 e. The standard InChI is InChI=1S/C5H12N2O3S/c6-11(9,10)5-1-4(8)2-7-3-5/h4-5,7-8H,1-3H2,(H2,6,9,10). The number of aliphatic hydroxyl groups is 1. The van der Waals surface area contributed by atoms with E-state index in [0.29, 0.717) is 13.1 Å². The summed E-state index contributed by atoms with van der Waals surface area (Å²) in [7, 11) is -3.48. The number of aliphatic hydroxyl groups excluding tert-OH is 1. The summed E-state index contributed by atoms with van der Waals surface area (Å²) in [6.07, 6.45) is -0.349. The molecule has 2 atom stereocenters. The second kappa shape index (κ2) is 3.06. The van der Waals surface area contributed by atoms with Crippen LogP contribution < -0.4 is 10.5 Å². The lowest BCUT2D eigenvalue weighted by molar-refractivity contribution is 0.143. The predicted octanol–water partition coefficient (Wildman–Crippen LogP) is -2.00. The van der Waals surface area contributed by atoms with Crippen molar-refractivity contribution in [3.8, 4) is 0 Å². The average Bonchev–Trinajstić information content (AvgIpc) is 1.86. The van der Waals surface area contributed by atoms with Crippen LogP contribution in [0.15, 0.2) is 0 Å². The van der Waals surface area contributed by atoms with Crippen LogP contribution in [0.2, 0.25) is 0 Å². The van der Waals surface area contributed by atoms with Crippen LogP contribution in [0, 0.1) is 0 Å². The lowest BCUT2D eigenvalue weighted by Gasteiger charge is -2.24. The molecule has 5 nitrogen and oxygen atoms in total. The van der Waals surface area contributed by atoms with Crippen LogP contribution in [-0.2, 0) is 10.0 Å². The van der Waals surface area contributed by atoms with Crippen molar-refractivity contribution >= 4 is 10.0 Å². The zero-order valence-corrected chi connectivity index (χ0v) is 6.84. The zero-order valence-electron chi connectivity index (χ0n) is 6.03. The molecule has 1 rings (SSSR count). The molecule has 0 aromatic heterocycles. The number of nitrogens with one attached hydrogen (secondary N) is 1. The van der Waals surface area contributed by atoms with E-state index in [2.05, 4.69) is 5.32 Å². The smallest absolute Gasteiger partial charge is 0.213 e. The normalized spacial score (nSPS) is 33.6. The van der Waals surface area contributed by atoms with Crippen LogP contribution in [0.25, 0.3) is 0 Å². The van der Waals surface area contributed by atoms with Gasteiger partial charge in [0.2, 0.25) is 10.0 Å². The van der Waals surface area contributed by atoms with Crippen molar-refractivity contribution in [3.63, 3.8) is 0 Å². The number of nitrogens with two attached hydrogens (primary N) is 1. The van der Waals surface area contributed by atoms with Gasteiger partial charge < -0.3 is 10.4 Å². The Bertz CT molecular complexity index is 226. The number of hydrogen-bond donors (Lipinski definition) is 3. The Balaban J connectivity index is 2.60. The van der Waals surface area contributed by atoms with Gasteiger partial charge >= 0.3 is 0 Å². The largest absolute Gasteiger partial charge is 0.392 e. The molecular weight excluding hydrogens is 168 g/mol. The number of sulfonamides is 1. The monoisotopic (exact) mass is 180 g/mol. The predicted molar refractivity (Wildman–Crippen MR) is 40.4 cm³/mol. The maximum absolute atomic E-state index is 10.8. The summed E-state index contributed by atoms with van der Waals surface area (Å²) < 4.78 is 21.5. The van der Waals surface area contributed by atoms with Crippen molar-refractivity contribution in [1.82, 2.24) is 5.32 Å². The van der Waals surface area contributed by atoms with E-state index >= 15 is 0 Å². The molecule has 0 aromatic rings. The lowest BCUT2D eigenvalue weighted by atomic mass is 10.1. The Labute approximate surface area is 65.6 Å². The highest BCUT2D eigenvalue weighted by Gasteiger charge is 2.27. The van der Waals surface area contributed by atoms with Gasteiger partial charge in [-0.25, -0.2) is 13.6 Å². The van der Waals surface area contributed by atoms with E-state index in [4.69, 9.17) is 10.2 Å². The van der Waals surface area contributed by atoms with E-state index in [1.165, 1.54) is 0 Å². The highest BCUT2D eigenvalue weighted by Crippen LogP contribution is 2.08. The second-order valence-electron chi connectivity index (χ2n) is 2.76. The summed E-state index contributed by atoms with van der Waals surface area (Å²) in [6, 6.07) is 0. The van der Waals surface area contributed by atoms with Crippen molar-refractivity contribution in [3.05, 3.63) is 0 Å². The summed E-state index contributed by atoms with van der Waals surface area (Å²) in [6.45, 7) is 0.794. The Morgan fingerprint density at radius 3 is 2.45 bits per heavy atom. The van der Waals surface area contributed by atoms with Gasteiger partial charge in [-0.2, -0.15) is 0 Å². The molecule has 0 aromatic carbocycles. The molecule has 1 heterocycles. The molecular formula is C5H12N2O3S. The van der Waals surface area contributed by atoms with Gasteiger partial charge in [-0.15, -0.1) is 0 Å². The van der Waals surface area contributed by atoms with Crippen LogP contribution in [0.4, 0.5) is 0 Å². The molecule has 0 amide bonds. The molecule has 6 heteroatoms. The van der Waals surface area contributed by atoms with Gasteiger partial charge in [0.15, 0.2) is 0 Å². The Morgan fingerprint density at radius 1 is 1.45 bits per heavy atom. The molecule has 0 saturated carbocycles. The molecule has 66 valence electrons. The minimum atomic E-state index is -3.48. The molecule has 0 spiro atoms. The molecule has 1 saturated heterocycles. The summed E-state index contributed by atoms with van der Waals surface area (Å²) in [4.78, 5) is 0. The number of primary sulfonamides is 1. The average molecular weight is 180 g/mol. The molecule has 1 fully saturated rings. The van der Waals surface area contributed by atoms with Gasteiger partial charge in [0.25, 0.3) is 0 Å². The molecule has 11 heavy (non-hydrogen) atoms. The second-order valence-corrected chi connectivity index (χ2v) is 4.60. The molecule has 0 bridgehead atoms. The third kappa shape index (κ3) is 2.41. The van der Waals surface area contributed by atoms with Gasteiger partial charge in [0.05, 0.1) is 11.4 Å². The topological polar surface area (TPSA) is 92.4 Å². The lowest BCUT2D eigenvalue weighted by Crippen LogP contribution is -2.47. The fourth-order valence-corrected chi connectivity index (χ4v) is 1.97. The van der Waals surface area contributed by atoms with Crippen LogP contribution in [0.3, 0.4) is 0 Å². The number of hydrogen-bond acceptors (Lipinski definition) is 4. The number of β-amino-alcohol motifs (C(OH)–C–C–N with tert-alkyl or cyclic N) is 1. The highest BCUT2D eigenvalue weighted by molar-refractivity contribution is 7.89. The third-order valence-electron chi connectivity index (χ3n) is 1.75. The van der Waals surface area contributed by atoms with E-state index in [-0.39, 0.29) is 6.42 Å². The van der Waals surface area contributed by atoms with E-state index in [1.807, 2.05) is 0 Å². The van der Waals surface area contributed by atoms with Crippen LogP contribution >= 0.6 is 0 Å².